The minimum atomic E-state index is -3.58. The van der Waals surface area contributed by atoms with Crippen LogP contribution in [0.2, 0.25) is 0 Å². The van der Waals surface area contributed by atoms with Gasteiger partial charge >= 0.3 is 5.97 Å². The molecule has 1 unspecified atom stereocenters. The van der Waals surface area contributed by atoms with E-state index >= 15 is 0 Å². The molecular formula is C13H16FNO5S. The summed E-state index contributed by atoms with van der Waals surface area (Å²) in [7, 11) is -3.58. The summed E-state index contributed by atoms with van der Waals surface area (Å²) in [5, 5.41) is 8.73. The van der Waals surface area contributed by atoms with E-state index in [1.807, 2.05) is 0 Å². The van der Waals surface area contributed by atoms with Gasteiger partial charge in [0.1, 0.15) is 5.82 Å². The molecule has 0 aliphatic carbocycles. The van der Waals surface area contributed by atoms with Gasteiger partial charge in [0.2, 0.25) is 10.0 Å². The lowest BCUT2D eigenvalue weighted by atomic mass is 10.2. The van der Waals surface area contributed by atoms with Gasteiger partial charge in [-0.1, -0.05) is 12.1 Å². The fourth-order valence-corrected chi connectivity index (χ4v) is 3.69. The molecule has 0 aromatic heterocycles. The number of aliphatic carboxylic acids is 1. The van der Waals surface area contributed by atoms with Crippen LogP contribution in [0.15, 0.2) is 24.3 Å². The Kier molecular flexibility index (Phi) is 4.92. The third-order valence-corrected chi connectivity index (χ3v) is 4.98. The van der Waals surface area contributed by atoms with Crippen LogP contribution < -0.4 is 0 Å². The number of rotatable bonds is 5. The van der Waals surface area contributed by atoms with Crippen molar-refractivity contribution in [2.75, 3.05) is 19.7 Å². The first-order valence-corrected chi connectivity index (χ1v) is 8.03. The van der Waals surface area contributed by atoms with E-state index in [2.05, 4.69) is 0 Å². The topological polar surface area (TPSA) is 83.9 Å². The van der Waals surface area contributed by atoms with Crippen LogP contribution in [-0.4, -0.2) is 49.6 Å². The molecule has 21 heavy (non-hydrogen) atoms. The molecule has 1 heterocycles. The molecule has 8 heteroatoms. The normalized spacial score (nSPS) is 20.3. The summed E-state index contributed by atoms with van der Waals surface area (Å²) in [5.74, 6) is -1.70. The quantitative estimate of drug-likeness (QED) is 0.869. The maximum absolute atomic E-state index is 12.8. The number of benzene rings is 1. The van der Waals surface area contributed by atoms with Gasteiger partial charge in [-0.2, -0.15) is 4.31 Å². The van der Waals surface area contributed by atoms with Crippen molar-refractivity contribution in [2.24, 2.45) is 0 Å². The molecule has 1 saturated heterocycles. The van der Waals surface area contributed by atoms with Gasteiger partial charge in [0, 0.05) is 13.1 Å². The number of morpholine rings is 1. The molecule has 0 amide bonds. The molecule has 0 radical (unpaired) electrons. The van der Waals surface area contributed by atoms with E-state index < -0.39 is 27.9 Å². The summed E-state index contributed by atoms with van der Waals surface area (Å²) in [4.78, 5) is 10.7. The highest BCUT2D eigenvalue weighted by molar-refractivity contribution is 7.88. The Hall–Kier alpha value is -1.51. The van der Waals surface area contributed by atoms with E-state index in [4.69, 9.17) is 9.84 Å². The summed E-state index contributed by atoms with van der Waals surface area (Å²) in [5.41, 5.74) is 0.484. The first-order valence-electron chi connectivity index (χ1n) is 6.42. The number of ether oxygens (including phenoxy) is 1. The van der Waals surface area contributed by atoms with E-state index in [-0.39, 0.29) is 31.9 Å². The Labute approximate surface area is 122 Å². The second-order valence-corrected chi connectivity index (χ2v) is 6.80. The number of sulfonamides is 1. The lowest BCUT2D eigenvalue weighted by molar-refractivity contribution is -0.141. The van der Waals surface area contributed by atoms with Crippen LogP contribution in [0.3, 0.4) is 0 Å². The van der Waals surface area contributed by atoms with Crippen LogP contribution in [0.25, 0.3) is 0 Å². The van der Waals surface area contributed by atoms with Crippen molar-refractivity contribution in [3.8, 4) is 0 Å². The number of nitrogens with zero attached hydrogens (tertiary/aromatic N) is 1. The van der Waals surface area contributed by atoms with Gasteiger partial charge in [-0.25, -0.2) is 12.8 Å². The Balaban J connectivity index is 2.04. The average molecular weight is 317 g/mol. The summed E-state index contributed by atoms with van der Waals surface area (Å²) in [6.07, 6.45) is -0.873. The number of hydrogen-bond donors (Lipinski definition) is 1. The van der Waals surface area contributed by atoms with Crippen molar-refractivity contribution in [2.45, 2.75) is 18.3 Å². The SMILES string of the molecule is O=C(O)CC1CN(S(=O)(=O)Cc2ccc(F)cc2)CCO1. The Morgan fingerprint density at radius 2 is 2.05 bits per heavy atom. The second-order valence-electron chi connectivity index (χ2n) is 4.83. The summed E-state index contributed by atoms with van der Waals surface area (Å²) >= 11 is 0. The Morgan fingerprint density at radius 3 is 2.67 bits per heavy atom. The van der Waals surface area contributed by atoms with Crippen LogP contribution in [0, 0.1) is 5.82 Å². The van der Waals surface area contributed by atoms with E-state index in [0.29, 0.717) is 5.56 Å². The average Bonchev–Trinajstić information content (AvgIpc) is 2.41. The van der Waals surface area contributed by atoms with Crippen LogP contribution in [-0.2, 0) is 25.3 Å². The summed E-state index contributed by atoms with van der Waals surface area (Å²) < 4.78 is 43.9. The summed E-state index contributed by atoms with van der Waals surface area (Å²) in [6.45, 7) is 0.385. The molecule has 1 fully saturated rings. The Morgan fingerprint density at radius 1 is 1.38 bits per heavy atom. The van der Waals surface area contributed by atoms with Crippen LogP contribution >= 0.6 is 0 Å². The van der Waals surface area contributed by atoms with Gasteiger partial charge < -0.3 is 9.84 Å². The molecule has 0 bridgehead atoms. The molecule has 1 aliphatic heterocycles. The molecule has 1 aliphatic rings. The lowest BCUT2D eigenvalue weighted by Gasteiger charge is -2.31. The zero-order chi connectivity index (χ0) is 15.5. The fourth-order valence-electron chi connectivity index (χ4n) is 2.15. The largest absolute Gasteiger partial charge is 0.481 e. The van der Waals surface area contributed by atoms with Crippen molar-refractivity contribution in [1.82, 2.24) is 4.31 Å². The van der Waals surface area contributed by atoms with E-state index in [1.54, 1.807) is 0 Å². The minimum Gasteiger partial charge on any atom is -0.481 e. The molecule has 116 valence electrons. The third-order valence-electron chi connectivity index (χ3n) is 3.16. The van der Waals surface area contributed by atoms with Crippen molar-refractivity contribution < 1.29 is 27.4 Å². The van der Waals surface area contributed by atoms with Crippen molar-refractivity contribution in [3.05, 3.63) is 35.6 Å². The maximum Gasteiger partial charge on any atom is 0.306 e. The molecule has 6 nitrogen and oxygen atoms in total. The van der Waals surface area contributed by atoms with Gasteiger partial charge in [-0.15, -0.1) is 0 Å². The zero-order valence-corrected chi connectivity index (χ0v) is 12.1. The molecular weight excluding hydrogens is 301 g/mol. The highest BCUT2D eigenvalue weighted by Crippen LogP contribution is 2.17. The standard InChI is InChI=1S/C13H16FNO5S/c14-11-3-1-10(2-4-11)9-21(18,19)15-5-6-20-12(8-15)7-13(16)17/h1-4,12H,5-9H2,(H,16,17). The molecule has 0 saturated carbocycles. The smallest absolute Gasteiger partial charge is 0.306 e. The summed E-state index contributed by atoms with van der Waals surface area (Å²) in [6, 6.07) is 5.25. The fraction of sp³-hybridized carbons (Fsp3) is 0.462. The zero-order valence-electron chi connectivity index (χ0n) is 11.2. The Bertz CT molecular complexity index is 601. The highest BCUT2D eigenvalue weighted by atomic mass is 32.2. The molecule has 1 aromatic rings. The lowest BCUT2D eigenvalue weighted by Crippen LogP contribution is -2.46. The predicted molar refractivity (Wildman–Crippen MR) is 72.6 cm³/mol. The van der Waals surface area contributed by atoms with Crippen LogP contribution in [0.1, 0.15) is 12.0 Å². The van der Waals surface area contributed by atoms with Crippen molar-refractivity contribution in [3.63, 3.8) is 0 Å². The van der Waals surface area contributed by atoms with Crippen molar-refractivity contribution >= 4 is 16.0 Å². The minimum absolute atomic E-state index is 0.0236. The number of carbonyl (C=O) groups is 1. The van der Waals surface area contributed by atoms with Gasteiger partial charge in [-0.05, 0) is 17.7 Å². The number of carboxylic acids is 1. The van der Waals surface area contributed by atoms with E-state index in [0.717, 1.165) is 0 Å². The van der Waals surface area contributed by atoms with Crippen LogP contribution in [0.5, 0.6) is 0 Å². The molecule has 0 spiro atoms. The predicted octanol–water partition coefficient (Wildman–Crippen LogP) is 0.831. The molecule has 2 rings (SSSR count). The van der Waals surface area contributed by atoms with Gasteiger partial charge in [0.15, 0.2) is 0 Å². The molecule has 1 atom stereocenters. The second kappa shape index (κ2) is 6.50. The molecule has 1 N–H and O–H groups in total. The highest BCUT2D eigenvalue weighted by Gasteiger charge is 2.30. The van der Waals surface area contributed by atoms with Gasteiger partial charge in [-0.3, -0.25) is 4.79 Å². The third kappa shape index (κ3) is 4.48. The van der Waals surface area contributed by atoms with Gasteiger partial charge in [0.25, 0.3) is 0 Å². The monoisotopic (exact) mass is 317 g/mol. The van der Waals surface area contributed by atoms with E-state index in [9.17, 15) is 17.6 Å². The first-order chi connectivity index (χ1) is 9.87. The number of hydrogen-bond acceptors (Lipinski definition) is 4. The van der Waals surface area contributed by atoms with E-state index in [1.165, 1.54) is 28.6 Å². The van der Waals surface area contributed by atoms with Crippen LogP contribution in [0.4, 0.5) is 4.39 Å². The van der Waals surface area contributed by atoms with Crippen molar-refractivity contribution in [1.29, 1.82) is 0 Å². The van der Waals surface area contributed by atoms with Gasteiger partial charge in [0.05, 0.1) is 24.9 Å². The molecule has 1 aromatic carbocycles. The first kappa shape index (κ1) is 15.9. The number of carboxylic acid groups (broad SMARTS) is 1. The maximum atomic E-state index is 12.8. The number of halogens is 1.